The number of carbonyl (C=O) groups excluding carboxylic acids is 5. The lowest BCUT2D eigenvalue weighted by atomic mass is 9.84. The molecule has 0 aromatic heterocycles. The first-order chi connectivity index (χ1) is 18.8. The van der Waals surface area contributed by atoms with Crippen molar-refractivity contribution < 1.29 is 38.2 Å². The zero-order valence-corrected chi connectivity index (χ0v) is 25.3. The van der Waals surface area contributed by atoms with Crippen molar-refractivity contribution in [2.45, 2.75) is 77.7 Å². The molecule has 4 amide bonds. The molecule has 1 aliphatic heterocycles. The Labute approximate surface area is 240 Å². The Balaban J connectivity index is 2.01. The number of likely N-dealkylation sites (N-methyl/N-ethyl adjacent to an activating group) is 1. The van der Waals surface area contributed by atoms with Crippen molar-refractivity contribution in [1.29, 1.82) is 0 Å². The summed E-state index contributed by atoms with van der Waals surface area (Å²) < 4.78 is 16.7. The molecule has 11 nitrogen and oxygen atoms in total. The van der Waals surface area contributed by atoms with Gasteiger partial charge in [0, 0.05) is 13.5 Å². The normalized spacial score (nSPS) is 19.6. The van der Waals surface area contributed by atoms with Crippen molar-refractivity contribution in [2.24, 2.45) is 17.3 Å². The van der Waals surface area contributed by atoms with Gasteiger partial charge in [-0.2, -0.15) is 0 Å². The summed E-state index contributed by atoms with van der Waals surface area (Å²) in [7, 11) is 2.75. The topological polar surface area (TPSA) is 149 Å². The first-order valence-electron chi connectivity index (χ1n) is 13.5. The summed E-state index contributed by atoms with van der Waals surface area (Å²) in [6.07, 6.45) is 4.73. The molecular weight excluding hydrogens is 538 g/mol. The number of carbonyl (C=O) groups is 5. The van der Waals surface area contributed by atoms with Crippen LogP contribution >= 0.6 is 11.8 Å². The summed E-state index contributed by atoms with van der Waals surface area (Å²) >= 11 is 1.01. The quantitative estimate of drug-likeness (QED) is 0.208. The standard InChI is InChI=1S/C28H43N3O8S/c1-16(2)14-19(23(32)30-22(25(34)29-6)28(3,4)5)21(26(35)37-7)39-13-12-38-18-10-8-17(9-11-18)15-20-24(33)31-27(36)40-20/h8,10,16,19-22H,9,11-15H2,1-7H3,(H,29,34)(H,30,32)(H,31,33,36)/t19-,20?,21+,22-/m1/s1. The molecule has 0 spiro atoms. The van der Waals surface area contributed by atoms with Crippen LogP contribution in [0.1, 0.15) is 60.3 Å². The fourth-order valence-electron chi connectivity index (χ4n) is 4.47. The Bertz CT molecular complexity index is 1020. The third kappa shape index (κ3) is 9.96. The smallest absolute Gasteiger partial charge is 0.335 e. The van der Waals surface area contributed by atoms with Crippen molar-refractivity contribution in [3.05, 3.63) is 23.5 Å². The highest BCUT2D eigenvalue weighted by molar-refractivity contribution is 8.15. The molecule has 4 atom stereocenters. The SMILES string of the molecule is CNC(=O)[C@@H](NC(=O)[C@H](CC(C)C)[C@H](OCCOC1=CC=C(CC2SC(=O)NC2=O)CC1)C(=O)OC)C(C)(C)C. The minimum atomic E-state index is -1.18. The number of imide groups is 1. The van der Waals surface area contributed by atoms with Crippen LogP contribution in [-0.2, 0) is 33.4 Å². The second kappa shape index (κ2) is 15.2. The minimum Gasteiger partial charge on any atom is -0.496 e. The maximum absolute atomic E-state index is 13.4. The third-order valence-corrected chi connectivity index (χ3v) is 7.58. The maximum Gasteiger partial charge on any atom is 0.335 e. The first-order valence-corrected chi connectivity index (χ1v) is 14.4. The maximum atomic E-state index is 13.4. The van der Waals surface area contributed by atoms with Gasteiger partial charge in [-0.25, -0.2) is 4.79 Å². The van der Waals surface area contributed by atoms with Crippen molar-refractivity contribution in [3.63, 3.8) is 0 Å². The summed E-state index contributed by atoms with van der Waals surface area (Å²) in [4.78, 5) is 61.8. The number of hydrogen-bond acceptors (Lipinski definition) is 9. The fourth-order valence-corrected chi connectivity index (χ4v) is 5.36. The number of methoxy groups -OCH3 is 1. The highest BCUT2D eigenvalue weighted by Crippen LogP contribution is 2.30. The number of nitrogens with one attached hydrogen (secondary N) is 3. The van der Waals surface area contributed by atoms with Crippen molar-refractivity contribution in [2.75, 3.05) is 27.4 Å². The van der Waals surface area contributed by atoms with Crippen LogP contribution in [0.4, 0.5) is 4.79 Å². The zero-order valence-electron chi connectivity index (χ0n) is 24.5. The second-order valence-electron chi connectivity index (χ2n) is 11.4. The largest absolute Gasteiger partial charge is 0.496 e. The molecule has 2 aliphatic rings. The molecule has 0 aromatic rings. The lowest BCUT2D eigenvalue weighted by Crippen LogP contribution is -2.56. The molecule has 224 valence electrons. The van der Waals surface area contributed by atoms with Crippen LogP contribution in [0.15, 0.2) is 23.5 Å². The monoisotopic (exact) mass is 581 g/mol. The fraction of sp³-hybridized carbons (Fsp3) is 0.679. The molecule has 1 heterocycles. The van der Waals surface area contributed by atoms with E-state index in [4.69, 9.17) is 14.2 Å². The lowest BCUT2D eigenvalue weighted by molar-refractivity contribution is -0.163. The molecule has 1 aliphatic carbocycles. The van der Waals surface area contributed by atoms with Gasteiger partial charge in [-0.3, -0.25) is 24.5 Å². The average molecular weight is 582 g/mol. The van der Waals surface area contributed by atoms with E-state index in [1.807, 2.05) is 46.8 Å². The molecule has 1 saturated heterocycles. The number of rotatable bonds is 14. The van der Waals surface area contributed by atoms with E-state index in [1.54, 1.807) is 0 Å². The Morgan fingerprint density at radius 3 is 2.30 bits per heavy atom. The molecule has 40 heavy (non-hydrogen) atoms. The van der Waals surface area contributed by atoms with E-state index in [-0.39, 0.29) is 36.2 Å². The van der Waals surface area contributed by atoms with E-state index < -0.39 is 40.6 Å². The summed E-state index contributed by atoms with van der Waals surface area (Å²) in [5.74, 6) is -1.80. The van der Waals surface area contributed by atoms with E-state index in [2.05, 4.69) is 16.0 Å². The summed E-state index contributed by atoms with van der Waals surface area (Å²) in [5.41, 5.74) is 0.500. The molecule has 0 radical (unpaired) electrons. The Kier molecular flexibility index (Phi) is 12.7. The lowest BCUT2D eigenvalue weighted by Gasteiger charge is -2.33. The Hall–Kier alpha value is -2.86. The van der Waals surface area contributed by atoms with Gasteiger partial charge in [-0.15, -0.1) is 0 Å². The van der Waals surface area contributed by atoms with Crippen LogP contribution in [0.2, 0.25) is 0 Å². The van der Waals surface area contributed by atoms with Gasteiger partial charge in [0.1, 0.15) is 12.6 Å². The predicted octanol–water partition coefficient (Wildman–Crippen LogP) is 2.85. The Morgan fingerprint density at radius 2 is 1.80 bits per heavy atom. The van der Waals surface area contributed by atoms with E-state index in [0.717, 1.165) is 23.1 Å². The number of ether oxygens (including phenoxy) is 3. The molecule has 0 bridgehead atoms. The highest BCUT2D eigenvalue weighted by Gasteiger charge is 2.40. The summed E-state index contributed by atoms with van der Waals surface area (Å²) in [5, 5.41) is 6.98. The molecule has 12 heteroatoms. The van der Waals surface area contributed by atoms with E-state index in [9.17, 15) is 24.0 Å². The van der Waals surface area contributed by atoms with Gasteiger partial charge in [0.15, 0.2) is 6.10 Å². The van der Waals surface area contributed by atoms with Crippen LogP contribution < -0.4 is 16.0 Å². The molecule has 2 rings (SSSR count). The molecule has 1 unspecified atom stereocenters. The van der Waals surface area contributed by atoms with Gasteiger partial charge in [-0.05, 0) is 36.7 Å². The van der Waals surface area contributed by atoms with Crippen LogP contribution in [0.25, 0.3) is 0 Å². The van der Waals surface area contributed by atoms with Gasteiger partial charge >= 0.3 is 5.97 Å². The highest BCUT2D eigenvalue weighted by atomic mass is 32.2. The average Bonchev–Trinajstić information content (AvgIpc) is 3.21. The van der Waals surface area contributed by atoms with Crippen molar-refractivity contribution >= 4 is 40.7 Å². The van der Waals surface area contributed by atoms with Crippen molar-refractivity contribution in [1.82, 2.24) is 16.0 Å². The second-order valence-corrected chi connectivity index (χ2v) is 12.5. The first kappa shape index (κ1) is 33.3. The van der Waals surface area contributed by atoms with Gasteiger partial charge in [0.05, 0.1) is 30.6 Å². The minimum absolute atomic E-state index is 0.0364. The number of esters is 1. The Morgan fingerprint density at radius 1 is 1.10 bits per heavy atom. The van der Waals surface area contributed by atoms with Gasteiger partial charge in [-0.1, -0.05) is 58.0 Å². The summed E-state index contributed by atoms with van der Waals surface area (Å²) in [6.45, 7) is 9.60. The van der Waals surface area contributed by atoms with E-state index >= 15 is 0 Å². The van der Waals surface area contributed by atoms with Crippen LogP contribution in [-0.4, -0.2) is 73.7 Å². The summed E-state index contributed by atoms with van der Waals surface area (Å²) in [6, 6.07) is -0.806. The third-order valence-electron chi connectivity index (χ3n) is 6.60. The molecule has 1 fully saturated rings. The predicted molar refractivity (Wildman–Crippen MR) is 151 cm³/mol. The van der Waals surface area contributed by atoms with Crippen LogP contribution in [0.5, 0.6) is 0 Å². The number of thioether (sulfide) groups is 1. The van der Waals surface area contributed by atoms with Gasteiger partial charge in [0.2, 0.25) is 17.7 Å². The number of allylic oxidation sites excluding steroid dienone is 4. The van der Waals surface area contributed by atoms with E-state index in [1.165, 1.54) is 14.2 Å². The van der Waals surface area contributed by atoms with Gasteiger partial charge in [0.25, 0.3) is 5.24 Å². The zero-order chi connectivity index (χ0) is 30.0. The molecule has 3 N–H and O–H groups in total. The number of amides is 4. The van der Waals surface area contributed by atoms with Crippen LogP contribution in [0, 0.1) is 17.3 Å². The molecular formula is C28H43N3O8S. The molecule has 0 saturated carbocycles. The van der Waals surface area contributed by atoms with Crippen molar-refractivity contribution in [3.8, 4) is 0 Å². The number of hydrogen-bond donors (Lipinski definition) is 3. The van der Waals surface area contributed by atoms with Gasteiger partial charge < -0.3 is 24.8 Å². The molecule has 0 aromatic carbocycles. The van der Waals surface area contributed by atoms with E-state index in [0.29, 0.717) is 25.7 Å². The van der Waals surface area contributed by atoms with Crippen LogP contribution in [0.3, 0.4) is 0 Å².